The van der Waals surface area contributed by atoms with Crippen molar-refractivity contribution in [2.24, 2.45) is 0 Å². The third-order valence-corrected chi connectivity index (χ3v) is 2.69. The summed E-state index contributed by atoms with van der Waals surface area (Å²) >= 11 is 5.17. The van der Waals surface area contributed by atoms with Gasteiger partial charge in [-0.25, -0.2) is 4.79 Å². The summed E-state index contributed by atoms with van der Waals surface area (Å²) in [5.41, 5.74) is 1.25. The molecule has 0 unspecified atom stereocenters. The number of nitrogens with one attached hydrogen (secondary N) is 2. The minimum atomic E-state index is -0.338. The molecule has 2 N–H and O–H groups in total. The van der Waals surface area contributed by atoms with E-state index in [1.54, 1.807) is 32.2 Å². The molecule has 0 aromatic heterocycles. The number of ether oxygens (including phenoxy) is 2. The molecule has 1 rings (SSSR count). The topological polar surface area (TPSA) is 59.6 Å². The molecule has 0 amide bonds. The van der Waals surface area contributed by atoms with E-state index in [2.05, 4.69) is 10.6 Å². The number of hydrogen-bond donors (Lipinski definition) is 2. The molecule has 110 valence electrons. The van der Waals surface area contributed by atoms with Crippen molar-refractivity contribution in [3.8, 4) is 0 Å². The van der Waals surface area contributed by atoms with Gasteiger partial charge in [0, 0.05) is 25.9 Å². The fourth-order valence-corrected chi connectivity index (χ4v) is 1.75. The van der Waals surface area contributed by atoms with E-state index < -0.39 is 0 Å². The molecule has 0 aliphatic rings. The molecule has 0 aliphatic heterocycles. The first-order chi connectivity index (χ1) is 9.67. The number of anilines is 1. The number of hydrogen-bond acceptors (Lipinski definition) is 4. The summed E-state index contributed by atoms with van der Waals surface area (Å²) in [5, 5.41) is 6.61. The number of esters is 1. The lowest BCUT2D eigenvalue weighted by Crippen LogP contribution is -2.29. The van der Waals surface area contributed by atoms with Crippen LogP contribution in [0.2, 0.25) is 0 Å². The van der Waals surface area contributed by atoms with Gasteiger partial charge in [-0.3, -0.25) is 0 Å². The predicted molar refractivity (Wildman–Crippen MR) is 83.1 cm³/mol. The average Bonchev–Trinajstić information content (AvgIpc) is 2.44. The average molecular weight is 296 g/mol. The van der Waals surface area contributed by atoms with E-state index in [0.29, 0.717) is 23.9 Å². The number of thiocarbonyl (C=S) groups is 1. The number of rotatable bonds is 7. The van der Waals surface area contributed by atoms with Crippen molar-refractivity contribution < 1.29 is 14.3 Å². The van der Waals surface area contributed by atoms with E-state index >= 15 is 0 Å². The third kappa shape index (κ3) is 5.99. The van der Waals surface area contributed by atoms with Crippen molar-refractivity contribution in [2.45, 2.75) is 13.3 Å². The van der Waals surface area contributed by atoms with Crippen LogP contribution in [0.25, 0.3) is 0 Å². The van der Waals surface area contributed by atoms with Crippen LogP contribution in [0.1, 0.15) is 23.7 Å². The van der Waals surface area contributed by atoms with Crippen molar-refractivity contribution in [3.05, 3.63) is 29.8 Å². The zero-order chi connectivity index (χ0) is 14.8. The van der Waals surface area contributed by atoms with Gasteiger partial charge in [0.2, 0.25) is 0 Å². The summed E-state index contributed by atoms with van der Waals surface area (Å²) in [6.07, 6.45) is 0.876. The maximum atomic E-state index is 11.6. The molecular formula is C14H20N2O3S. The Morgan fingerprint density at radius 3 is 2.90 bits per heavy atom. The van der Waals surface area contributed by atoms with Crippen LogP contribution in [-0.2, 0) is 9.47 Å². The first-order valence-corrected chi connectivity index (χ1v) is 6.89. The fraction of sp³-hybridized carbons (Fsp3) is 0.429. The monoisotopic (exact) mass is 296 g/mol. The van der Waals surface area contributed by atoms with Gasteiger partial charge in [-0.2, -0.15) is 0 Å². The Kier molecular flexibility index (Phi) is 7.60. The van der Waals surface area contributed by atoms with E-state index in [4.69, 9.17) is 21.7 Å². The fourth-order valence-electron chi connectivity index (χ4n) is 1.53. The molecule has 0 radical (unpaired) electrons. The van der Waals surface area contributed by atoms with E-state index in [-0.39, 0.29) is 5.97 Å². The Hall–Kier alpha value is -1.66. The highest BCUT2D eigenvalue weighted by molar-refractivity contribution is 7.80. The van der Waals surface area contributed by atoms with Crippen molar-refractivity contribution in [2.75, 3.05) is 32.2 Å². The Morgan fingerprint density at radius 2 is 2.20 bits per heavy atom. The van der Waals surface area contributed by atoms with Crippen molar-refractivity contribution >= 4 is 29.0 Å². The third-order valence-electron chi connectivity index (χ3n) is 2.44. The van der Waals surface area contributed by atoms with Crippen LogP contribution in [0.5, 0.6) is 0 Å². The molecule has 6 heteroatoms. The molecule has 0 fully saturated rings. The minimum absolute atomic E-state index is 0.338. The van der Waals surface area contributed by atoms with E-state index in [1.165, 1.54) is 0 Å². The molecule has 0 spiro atoms. The van der Waals surface area contributed by atoms with Gasteiger partial charge in [0.15, 0.2) is 5.11 Å². The van der Waals surface area contributed by atoms with Gasteiger partial charge in [-0.1, -0.05) is 6.07 Å². The summed E-state index contributed by atoms with van der Waals surface area (Å²) in [6.45, 7) is 3.56. The summed E-state index contributed by atoms with van der Waals surface area (Å²) in [5.74, 6) is -0.338. The van der Waals surface area contributed by atoms with Crippen molar-refractivity contribution in [3.63, 3.8) is 0 Å². The second-order valence-corrected chi connectivity index (χ2v) is 4.44. The second-order valence-electron chi connectivity index (χ2n) is 4.03. The summed E-state index contributed by atoms with van der Waals surface area (Å²) in [7, 11) is 1.66. The number of carbonyl (C=O) groups is 1. The van der Waals surface area contributed by atoms with Crippen molar-refractivity contribution in [1.82, 2.24) is 5.32 Å². The van der Waals surface area contributed by atoms with Gasteiger partial charge < -0.3 is 20.1 Å². The van der Waals surface area contributed by atoms with Gasteiger partial charge >= 0.3 is 5.97 Å². The lowest BCUT2D eigenvalue weighted by atomic mass is 10.2. The van der Waals surface area contributed by atoms with Gasteiger partial charge in [0.1, 0.15) is 0 Å². The molecule has 0 aliphatic carbocycles. The first kappa shape index (κ1) is 16.4. The smallest absolute Gasteiger partial charge is 0.338 e. The molecule has 0 saturated carbocycles. The Balaban J connectivity index is 2.49. The van der Waals surface area contributed by atoms with Crippen LogP contribution in [0, 0.1) is 0 Å². The van der Waals surface area contributed by atoms with E-state index in [0.717, 1.165) is 18.7 Å². The quantitative estimate of drug-likeness (QED) is 0.457. The molecule has 1 aromatic carbocycles. The highest BCUT2D eigenvalue weighted by Crippen LogP contribution is 2.11. The van der Waals surface area contributed by atoms with Gasteiger partial charge in [-0.15, -0.1) is 0 Å². The van der Waals surface area contributed by atoms with Crippen LogP contribution in [-0.4, -0.2) is 38.0 Å². The van der Waals surface area contributed by atoms with Crippen molar-refractivity contribution in [1.29, 1.82) is 0 Å². The maximum Gasteiger partial charge on any atom is 0.338 e. The van der Waals surface area contributed by atoms with Crippen LogP contribution in [0.3, 0.4) is 0 Å². The second kappa shape index (κ2) is 9.28. The highest BCUT2D eigenvalue weighted by atomic mass is 32.1. The zero-order valence-electron chi connectivity index (χ0n) is 11.8. The van der Waals surface area contributed by atoms with Gasteiger partial charge in [0.05, 0.1) is 12.2 Å². The predicted octanol–water partition coefficient (Wildman–Crippen LogP) is 2.19. The first-order valence-electron chi connectivity index (χ1n) is 6.48. The number of methoxy groups -OCH3 is 1. The largest absolute Gasteiger partial charge is 0.462 e. The van der Waals surface area contributed by atoms with Crippen LogP contribution < -0.4 is 10.6 Å². The molecule has 0 bridgehead atoms. The SMILES string of the molecule is CCOC(=O)c1cccc(NC(=S)NCCCOC)c1. The lowest BCUT2D eigenvalue weighted by Gasteiger charge is -2.11. The Labute approximate surface area is 124 Å². The van der Waals surface area contributed by atoms with Crippen LogP contribution >= 0.6 is 12.2 Å². The van der Waals surface area contributed by atoms with E-state index in [1.807, 2.05) is 6.07 Å². The number of carbonyl (C=O) groups excluding carboxylic acids is 1. The highest BCUT2D eigenvalue weighted by Gasteiger charge is 2.07. The summed E-state index contributed by atoms with van der Waals surface area (Å²) in [4.78, 5) is 11.6. The molecule has 0 atom stereocenters. The minimum Gasteiger partial charge on any atom is -0.462 e. The molecule has 1 aromatic rings. The molecule has 0 saturated heterocycles. The van der Waals surface area contributed by atoms with Crippen LogP contribution in [0.4, 0.5) is 5.69 Å². The maximum absolute atomic E-state index is 11.6. The summed E-state index contributed by atoms with van der Waals surface area (Å²) in [6, 6.07) is 7.04. The lowest BCUT2D eigenvalue weighted by molar-refractivity contribution is 0.0526. The number of benzene rings is 1. The molecule has 5 nitrogen and oxygen atoms in total. The normalized spacial score (nSPS) is 9.90. The van der Waals surface area contributed by atoms with Gasteiger partial charge in [0.25, 0.3) is 0 Å². The summed E-state index contributed by atoms with van der Waals surface area (Å²) < 4.78 is 9.90. The molecule has 0 heterocycles. The molecule has 20 heavy (non-hydrogen) atoms. The Morgan fingerprint density at radius 1 is 1.40 bits per heavy atom. The van der Waals surface area contributed by atoms with Gasteiger partial charge in [-0.05, 0) is 43.8 Å². The Bertz CT molecular complexity index is 452. The molecular weight excluding hydrogens is 276 g/mol. The van der Waals surface area contributed by atoms with E-state index in [9.17, 15) is 4.79 Å². The van der Waals surface area contributed by atoms with Crippen LogP contribution in [0.15, 0.2) is 24.3 Å². The standard InChI is InChI=1S/C14H20N2O3S/c1-3-19-13(17)11-6-4-7-12(10-11)16-14(20)15-8-5-9-18-2/h4,6-7,10H,3,5,8-9H2,1-2H3,(H2,15,16,20). The zero-order valence-corrected chi connectivity index (χ0v) is 12.6.